The number of amides is 1. The number of carbonyl (C=O) groups excluding carboxylic acids is 1. The molecule has 0 aliphatic rings. The summed E-state index contributed by atoms with van der Waals surface area (Å²) in [5, 5.41) is 7.58. The van der Waals surface area contributed by atoms with Gasteiger partial charge in [0.25, 0.3) is 5.91 Å². The first-order valence-electron chi connectivity index (χ1n) is 6.66. The van der Waals surface area contributed by atoms with Crippen LogP contribution in [0.3, 0.4) is 0 Å². The fourth-order valence-corrected chi connectivity index (χ4v) is 2.37. The Morgan fingerprint density at radius 2 is 1.91 bits per heavy atom. The molecule has 0 atom stereocenters. The van der Waals surface area contributed by atoms with E-state index in [-0.39, 0.29) is 23.6 Å². The summed E-state index contributed by atoms with van der Waals surface area (Å²) in [7, 11) is -3.86. The summed E-state index contributed by atoms with van der Waals surface area (Å²) < 4.78 is 40.7. The maximum absolute atomic E-state index is 13.0. The Morgan fingerprint density at radius 1 is 1.17 bits per heavy atom. The molecular weight excluding hydrogens is 323 g/mol. The van der Waals surface area contributed by atoms with Gasteiger partial charge in [0.1, 0.15) is 18.2 Å². The fraction of sp³-hybridized carbons (Fsp3) is 0.133. The molecule has 122 valence electrons. The van der Waals surface area contributed by atoms with Crippen LogP contribution in [0.2, 0.25) is 0 Å². The van der Waals surface area contributed by atoms with Gasteiger partial charge in [-0.2, -0.15) is 0 Å². The molecule has 23 heavy (non-hydrogen) atoms. The molecule has 0 saturated heterocycles. The summed E-state index contributed by atoms with van der Waals surface area (Å²) in [5.41, 5.74) is 0.169. The number of rotatable bonds is 6. The Morgan fingerprint density at radius 3 is 2.61 bits per heavy atom. The van der Waals surface area contributed by atoms with E-state index < -0.39 is 21.7 Å². The molecule has 8 heteroatoms. The number of ether oxygens (including phenoxy) is 1. The highest BCUT2D eigenvalue weighted by Gasteiger charge is 2.11. The van der Waals surface area contributed by atoms with Gasteiger partial charge < -0.3 is 10.1 Å². The van der Waals surface area contributed by atoms with Crippen LogP contribution in [0.5, 0.6) is 5.75 Å². The number of hydrogen-bond acceptors (Lipinski definition) is 4. The molecular formula is C15H15FN2O4S. The zero-order chi connectivity index (χ0) is 16.9. The van der Waals surface area contributed by atoms with Crippen molar-refractivity contribution in [3.63, 3.8) is 0 Å². The van der Waals surface area contributed by atoms with E-state index in [2.05, 4.69) is 5.32 Å². The number of nitrogens with one attached hydrogen (secondary N) is 1. The number of benzene rings is 2. The molecule has 3 N–H and O–H groups in total. The number of sulfonamides is 1. The number of nitrogens with two attached hydrogens (primary N) is 1. The standard InChI is InChI=1S/C15H15FN2O4S/c16-12-4-2-5-13(10-12)22-8-7-18-15(19)11-3-1-6-14(9-11)23(17,20)21/h1-6,9-10H,7-8H2,(H,18,19)(H2,17,20,21). The van der Waals surface area contributed by atoms with Crippen molar-refractivity contribution in [2.45, 2.75) is 4.90 Å². The molecule has 0 heterocycles. The van der Waals surface area contributed by atoms with E-state index in [4.69, 9.17) is 9.88 Å². The van der Waals surface area contributed by atoms with Crippen molar-refractivity contribution in [3.05, 3.63) is 59.9 Å². The fourth-order valence-electron chi connectivity index (χ4n) is 1.81. The summed E-state index contributed by atoms with van der Waals surface area (Å²) in [6.45, 7) is 0.318. The second-order valence-electron chi connectivity index (χ2n) is 4.63. The minimum Gasteiger partial charge on any atom is -0.492 e. The molecule has 1 amide bonds. The lowest BCUT2D eigenvalue weighted by Crippen LogP contribution is -2.28. The molecule has 0 bridgehead atoms. The summed E-state index contributed by atoms with van der Waals surface area (Å²) >= 11 is 0. The molecule has 0 fully saturated rings. The number of carbonyl (C=O) groups is 1. The van der Waals surface area contributed by atoms with E-state index in [9.17, 15) is 17.6 Å². The van der Waals surface area contributed by atoms with Crippen LogP contribution in [0.25, 0.3) is 0 Å². The molecule has 0 unspecified atom stereocenters. The maximum Gasteiger partial charge on any atom is 0.251 e. The first kappa shape index (κ1) is 16.9. The molecule has 2 aromatic carbocycles. The third-order valence-electron chi connectivity index (χ3n) is 2.88. The van der Waals surface area contributed by atoms with Gasteiger partial charge in [-0.05, 0) is 30.3 Å². The van der Waals surface area contributed by atoms with Gasteiger partial charge in [0, 0.05) is 11.6 Å². The zero-order valence-electron chi connectivity index (χ0n) is 12.0. The van der Waals surface area contributed by atoms with Crippen molar-refractivity contribution < 1.29 is 22.3 Å². The second-order valence-corrected chi connectivity index (χ2v) is 6.20. The first-order chi connectivity index (χ1) is 10.9. The van der Waals surface area contributed by atoms with Gasteiger partial charge in [0.15, 0.2) is 0 Å². The SMILES string of the molecule is NS(=O)(=O)c1cccc(C(=O)NCCOc2cccc(F)c2)c1. The molecule has 0 saturated carbocycles. The quantitative estimate of drug-likeness (QED) is 0.775. The van der Waals surface area contributed by atoms with Gasteiger partial charge in [-0.1, -0.05) is 12.1 Å². The highest BCUT2D eigenvalue weighted by molar-refractivity contribution is 7.89. The van der Waals surface area contributed by atoms with Gasteiger partial charge >= 0.3 is 0 Å². The van der Waals surface area contributed by atoms with Crippen LogP contribution >= 0.6 is 0 Å². The second kappa shape index (κ2) is 7.21. The third kappa shape index (κ3) is 5.04. The van der Waals surface area contributed by atoms with E-state index in [1.54, 1.807) is 6.07 Å². The summed E-state index contributed by atoms with van der Waals surface area (Å²) in [4.78, 5) is 11.8. The van der Waals surface area contributed by atoms with Gasteiger partial charge in [-0.25, -0.2) is 17.9 Å². The molecule has 2 aromatic rings. The Kier molecular flexibility index (Phi) is 5.30. The minimum absolute atomic E-state index is 0.138. The zero-order valence-corrected chi connectivity index (χ0v) is 12.8. The van der Waals surface area contributed by atoms with E-state index in [1.165, 1.54) is 42.5 Å². The Hall–Kier alpha value is -2.45. The monoisotopic (exact) mass is 338 g/mol. The van der Waals surface area contributed by atoms with E-state index in [1.807, 2.05) is 0 Å². The van der Waals surface area contributed by atoms with E-state index in [0.717, 1.165) is 0 Å². The van der Waals surface area contributed by atoms with Gasteiger partial charge in [-0.3, -0.25) is 4.79 Å². The smallest absolute Gasteiger partial charge is 0.251 e. The van der Waals surface area contributed by atoms with Crippen LogP contribution < -0.4 is 15.2 Å². The summed E-state index contributed by atoms with van der Waals surface area (Å²) in [6.07, 6.45) is 0. The number of primary sulfonamides is 1. The van der Waals surface area contributed by atoms with E-state index >= 15 is 0 Å². The van der Waals surface area contributed by atoms with Crippen LogP contribution in [0.4, 0.5) is 4.39 Å². The Balaban J connectivity index is 1.88. The van der Waals surface area contributed by atoms with Crippen molar-refractivity contribution in [2.24, 2.45) is 5.14 Å². The lowest BCUT2D eigenvalue weighted by Gasteiger charge is -2.08. The average Bonchev–Trinajstić information content (AvgIpc) is 2.51. The predicted octanol–water partition coefficient (Wildman–Crippen LogP) is 1.28. The molecule has 0 aliphatic heterocycles. The van der Waals surface area contributed by atoms with Crippen LogP contribution in [-0.4, -0.2) is 27.5 Å². The Labute approximate surface area is 133 Å². The molecule has 0 aromatic heterocycles. The van der Waals surface area contributed by atoms with Crippen LogP contribution in [0.15, 0.2) is 53.4 Å². The highest BCUT2D eigenvalue weighted by Crippen LogP contribution is 2.12. The van der Waals surface area contributed by atoms with Crippen molar-refractivity contribution in [3.8, 4) is 5.75 Å². The Bertz CT molecular complexity index is 809. The lowest BCUT2D eigenvalue weighted by molar-refractivity contribution is 0.0946. The highest BCUT2D eigenvalue weighted by atomic mass is 32.2. The minimum atomic E-state index is -3.86. The molecule has 2 rings (SSSR count). The molecule has 6 nitrogen and oxygen atoms in total. The van der Waals surface area contributed by atoms with Crippen LogP contribution in [-0.2, 0) is 10.0 Å². The first-order valence-corrected chi connectivity index (χ1v) is 8.20. The topological polar surface area (TPSA) is 98.5 Å². The van der Waals surface area contributed by atoms with Crippen LogP contribution in [0.1, 0.15) is 10.4 Å². The normalized spacial score (nSPS) is 11.0. The van der Waals surface area contributed by atoms with Gasteiger partial charge in [-0.15, -0.1) is 0 Å². The van der Waals surface area contributed by atoms with Crippen molar-refractivity contribution in [1.82, 2.24) is 5.32 Å². The lowest BCUT2D eigenvalue weighted by atomic mass is 10.2. The third-order valence-corrected chi connectivity index (χ3v) is 3.79. The predicted molar refractivity (Wildman–Crippen MR) is 82.0 cm³/mol. The average molecular weight is 338 g/mol. The van der Waals surface area contributed by atoms with E-state index in [0.29, 0.717) is 5.75 Å². The number of hydrogen-bond donors (Lipinski definition) is 2. The van der Waals surface area contributed by atoms with Gasteiger partial charge in [0.05, 0.1) is 11.4 Å². The largest absolute Gasteiger partial charge is 0.492 e. The van der Waals surface area contributed by atoms with Gasteiger partial charge in [0.2, 0.25) is 10.0 Å². The molecule has 0 radical (unpaired) electrons. The maximum atomic E-state index is 13.0. The van der Waals surface area contributed by atoms with Crippen molar-refractivity contribution in [1.29, 1.82) is 0 Å². The molecule has 0 aliphatic carbocycles. The van der Waals surface area contributed by atoms with Crippen LogP contribution in [0, 0.1) is 5.82 Å². The summed E-state index contributed by atoms with van der Waals surface area (Å²) in [6, 6.07) is 11.0. The molecule has 0 spiro atoms. The van der Waals surface area contributed by atoms with Crippen molar-refractivity contribution in [2.75, 3.05) is 13.2 Å². The number of halogens is 1. The summed E-state index contributed by atoms with van der Waals surface area (Å²) in [5.74, 6) is -0.514. The van der Waals surface area contributed by atoms with Crippen molar-refractivity contribution >= 4 is 15.9 Å².